The van der Waals surface area contributed by atoms with Gasteiger partial charge in [-0.3, -0.25) is 4.79 Å². The molecule has 0 aromatic heterocycles. The Bertz CT molecular complexity index is 1020. The molecule has 1 saturated heterocycles. The minimum atomic E-state index is -3.64. The van der Waals surface area contributed by atoms with Crippen molar-refractivity contribution in [2.75, 3.05) is 18.4 Å². The molecule has 0 spiro atoms. The molecule has 186 valence electrons. The number of carbonyl (C=O) groups excluding carboxylic acids is 1. The SMILES string of the molecule is CC(C)S(=O)(=O)NC1CCC(C(=O)Nc2ccc(S(=O)(=O)N3C[C@@H](C)O[C@@H](C)C3)cc2)CC1. The van der Waals surface area contributed by atoms with Gasteiger partial charge in [0, 0.05) is 30.7 Å². The summed E-state index contributed by atoms with van der Waals surface area (Å²) >= 11 is 0. The zero-order chi connectivity index (χ0) is 24.4. The number of hydrogen-bond acceptors (Lipinski definition) is 6. The van der Waals surface area contributed by atoms with Gasteiger partial charge in [0.2, 0.25) is 26.0 Å². The Kier molecular flexibility index (Phi) is 8.21. The van der Waals surface area contributed by atoms with Crippen molar-refractivity contribution in [3.05, 3.63) is 24.3 Å². The number of carbonyl (C=O) groups is 1. The zero-order valence-electron chi connectivity index (χ0n) is 19.7. The number of hydrogen-bond donors (Lipinski definition) is 2. The summed E-state index contributed by atoms with van der Waals surface area (Å²) in [5, 5.41) is 2.37. The largest absolute Gasteiger partial charge is 0.373 e. The van der Waals surface area contributed by atoms with Crippen LogP contribution in [0.2, 0.25) is 0 Å². The summed E-state index contributed by atoms with van der Waals surface area (Å²) in [6, 6.07) is 6.07. The monoisotopic (exact) mass is 501 g/mol. The Labute approximate surface area is 197 Å². The lowest BCUT2D eigenvalue weighted by molar-refractivity contribution is -0.120. The van der Waals surface area contributed by atoms with Gasteiger partial charge in [0.15, 0.2) is 0 Å². The van der Waals surface area contributed by atoms with Gasteiger partial charge in [-0.15, -0.1) is 0 Å². The van der Waals surface area contributed by atoms with E-state index in [1.807, 2.05) is 13.8 Å². The van der Waals surface area contributed by atoms with Crippen LogP contribution in [0.25, 0.3) is 0 Å². The first-order valence-electron chi connectivity index (χ1n) is 11.5. The second-order valence-electron chi connectivity index (χ2n) is 9.35. The molecule has 1 aromatic carbocycles. The Morgan fingerprint density at radius 3 is 2.03 bits per heavy atom. The maximum absolute atomic E-state index is 13.0. The van der Waals surface area contributed by atoms with E-state index in [9.17, 15) is 21.6 Å². The van der Waals surface area contributed by atoms with Crippen molar-refractivity contribution >= 4 is 31.6 Å². The van der Waals surface area contributed by atoms with Crippen molar-refractivity contribution in [2.24, 2.45) is 5.92 Å². The van der Waals surface area contributed by atoms with E-state index in [2.05, 4.69) is 10.0 Å². The van der Waals surface area contributed by atoms with Crippen LogP contribution in [0.5, 0.6) is 0 Å². The lowest BCUT2D eigenvalue weighted by atomic mass is 9.86. The highest BCUT2D eigenvalue weighted by Gasteiger charge is 2.32. The highest BCUT2D eigenvalue weighted by Crippen LogP contribution is 2.27. The summed E-state index contributed by atoms with van der Waals surface area (Å²) in [6.07, 6.45) is 2.07. The van der Waals surface area contributed by atoms with E-state index in [1.54, 1.807) is 26.0 Å². The van der Waals surface area contributed by atoms with Crippen LogP contribution in [0.4, 0.5) is 5.69 Å². The van der Waals surface area contributed by atoms with Crippen molar-refractivity contribution < 1.29 is 26.4 Å². The molecule has 1 heterocycles. The van der Waals surface area contributed by atoms with E-state index < -0.39 is 25.3 Å². The van der Waals surface area contributed by atoms with E-state index in [4.69, 9.17) is 4.74 Å². The number of nitrogens with zero attached hydrogens (tertiary/aromatic N) is 1. The minimum Gasteiger partial charge on any atom is -0.373 e. The second kappa shape index (κ2) is 10.4. The van der Waals surface area contributed by atoms with Crippen molar-refractivity contribution in [3.8, 4) is 0 Å². The molecule has 1 aromatic rings. The molecule has 1 aliphatic heterocycles. The third kappa shape index (κ3) is 6.54. The first-order valence-corrected chi connectivity index (χ1v) is 14.4. The van der Waals surface area contributed by atoms with Crippen LogP contribution in [0, 0.1) is 5.92 Å². The molecule has 11 heteroatoms. The molecule has 2 fully saturated rings. The van der Waals surface area contributed by atoms with Crippen LogP contribution >= 0.6 is 0 Å². The average Bonchev–Trinajstić information content (AvgIpc) is 2.73. The molecular formula is C22H35N3O6S2. The van der Waals surface area contributed by atoms with Crippen molar-refractivity contribution in [1.29, 1.82) is 0 Å². The van der Waals surface area contributed by atoms with E-state index in [0.29, 0.717) is 44.5 Å². The Morgan fingerprint density at radius 1 is 0.970 bits per heavy atom. The molecule has 2 aliphatic rings. The standard InChI is InChI=1S/C22H35N3O6S2/c1-15(2)32(27,28)24-20-7-5-18(6-8-20)22(26)23-19-9-11-21(12-10-19)33(29,30)25-13-16(3)31-17(4)14-25/h9-12,15-18,20,24H,5-8,13-14H2,1-4H3,(H,23,26)/t16-,17+,18?,20?. The Hall–Kier alpha value is -1.53. The van der Waals surface area contributed by atoms with Gasteiger partial charge in [0.1, 0.15) is 0 Å². The van der Waals surface area contributed by atoms with Gasteiger partial charge in [-0.25, -0.2) is 21.6 Å². The molecule has 33 heavy (non-hydrogen) atoms. The van der Waals surface area contributed by atoms with Gasteiger partial charge in [-0.2, -0.15) is 4.31 Å². The molecule has 0 bridgehead atoms. The number of sulfonamides is 2. The lowest BCUT2D eigenvalue weighted by Crippen LogP contribution is -2.48. The normalized spacial score (nSPS) is 27.4. The number of amides is 1. The first kappa shape index (κ1) is 26.1. The van der Waals surface area contributed by atoms with Crippen molar-refractivity contribution in [3.63, 3.8) is 0 Å². The predicted octanol–water partition coefficient (Wildman–Crippen LogP) is 2.31. The zero-order valence-corrected chi connectivity index (χ0v) is 21.3. The summed E-state index contributed by atoms with van der Waals surface area (Å²) in [5.41, 5.74) is 0.533. The molecule has 9 nitrogen and oxygen atoms in total. The molecule has 1 saturated carbocycles. The van der Waals surface area contributed by atoms with E-state index in [0.717, 1.165) is 0 Å². The molecule has 1 amide bonds. The molecule has 2 atom stereocenters. The third-order valence-electron chi connectivity index (χ3n) is 6.20. The number of nitrogens with one attached hydrogen (secondary N) is 2. The fourth-order valence-electron chi connectivity index (χ4n) is 4.27. The van der Waals surface area contributed by atoms with Crippen LogP contribution in [0.15, 0.2) is 29.2 Å². The molecule has 0 radical (unpaired) electrons. The number of ether oxygens (including phenoxy) is 1. The number of benzene rings is 1. The predicted molar refractivity (Wildman–Crippen MR) is 127 cm³/mol. The minimum absolute atomic E-state index is 0.133. The van der Waals surface area contributed by atoms with Gasteiger partial charge in [-0.1, -0.05) is 0 Å². The van der Waals surface area contributed by atoms with E-state index in [-0.39, 0.29) is 35.0 Å². The second-order valence-corrected chi connectivity index (χ2v) is 13.6. The molecule has 3 rings (SSSR count). The Morgan fingerprint density at radius 2 is 1.52 bits per heavy atom. The number of anilines is 1. The molecule has 0 unspecified atom stereocenters. The van der Waals surface area contributed by atoms with Crippen LogP contribution in [0.1, 0.15) is 53.4 Å². The molecule has 2 N–H and O–H groups in total. The average molecular weight is 502 g/mol. The summed E-state index contributed by atoms with van der Waals surface area (Å²) in [6.45, 7) is 7.59. The quantitative estimate of drug-likeness (QED) is 0.591. The first-order chi connectivity index (χ1) is 15.4. The Balaban J connectivity index is 1.55. The number of rotatable bonds is 7. The van der Waals surface area contributed by atoms with Crippen LogP contribution in [0.3, 0.4) is 0 Å². The summed E-state index contributed by atoms with van der Waals surface area (Å²) in [5.74, 6) is -0.337. The van der Waals surface area contributed by atoms with Crippen molar-refractivity contribution in [1.82, 2.24) is 9.03 Å². The van der Waals surface area contributed by atoms with E-state index >= 15 is 0 Å². The summed E-state index contributed by atoms with van der Waals surface area (Å²) in [7, 11) is -6.96. The highest BCUT2D eigenvalue weighted by atomic mass is 32.2. The van der Waals surface area contributed by atoms with Gasteiger partial charge >= 0.3 is 0 Å². The highest BCUT2D eigenvalue weighted by molar-refractivity contribution is 7.90. The van der Waals surface area contributed by atoms with Gasteiger partial charge in [0.05, 0.1) is 22.4 Å². The topological polar surface area (TPSA) is 122 Å². The van der Waals surface area contributed by atoms with Crippen molar-refractivity contribution in [2.45, 2.75) is 81.8 Å². The van der Waals surface area contributed by atoms with Gasteiger partial charge < -0.3 is 10.1 Å². The third-order valence-corrected chi connectivity index (χ3v) is 9.94. The maximum Gasteiger partial charge on any atom is 0.243 e. The molecule has 1 aliphatic carbocycles. The van der Waals surface area contributed by atoms with Gasteiger partial charge in [-0.05, 0) is 77.6 Å². The summed E-state index contributed by atoms with van der Waals surface area (Å²) in [4.78, 5) is 12.9. The van der Waals surface area contributed by atoms with Crippen LogP contribution in [-0.4, -0.2) is 63.6 Å². The van der Waals surface area contributed by atoms with Crippen LogP contribution in [-0.2, 0) is 29.6 Å². The lowest BCUT2D eigenvalue weighted by Gasteiger charge is -2.34. The number of morpholine rings is 1. The smallest absolute Gasteiger partial charge is 0.243 e. The van der Waals surface area contributed by atoms with Gasteiger partial charge in [0.25, 0.3) is 0 Å². The van der Waals surface area contributed by atoms with Crippen LogP contribution < -0.4 is 10.0 Å². The molecular weight excluding hydrogens is 466 g/mol. The maximum atomic E-state index is 13.0. The van der Waals surface area contributed by atoms with E-state index in [1.165, 1.54) is 16.4 Å². The fraction of sp³-hybridized carbons (Fsp3) is 0.682. The summed E-state index contributed by atoms with van der Waals surface area (Å²) < 4.78 is 59.8. The fourth-order valence-corrected chi connectivity index (χ4v) is 6.84.